The van der Waals surface area contributed by atoms with E-state index in [4.69, 9.17) is 5.73 Å². The first-order valence-corrected chi connectivity index (χ1v) is 7.64. The minimum absolute atomic E-state index is 0.0579. The molecule has 5 heteroatoms. The van der Waals surface area contributed by atoms with Crippen molar-refractivity contribution in [2.75, 3.05) is 19.6 Å². The molecule has 0 spiro atoms. The van der Waals surface area contributed by atoms with Gasteiger partial charge in [-0.15, -0.1) is 0 Å². The summed E-state index contributed by atoms with van der Waals surface area (Å²) in [6.07, 6.45) is 1.66. The van der Waals surface area contributed by atoms with E-state index in [2.05, 4.69) is 17.2 Å². The standard InChI is InChI=1S/C17H22N4O/c1-12-15(9-19-20(12)2)17(22)21-10-14(8-18)16(11-21)13-6-4-3-5-7-13/h3-7,9,14,16H,8,10-11,18H2,1-2H3/t14-,16+/m1/s1. The first-order chi connectivity index (χ1) is 10.6. The van der Waals surface area contributed by atoms with Gasteiger partial charge in [0.25, 0.3) is 5.91 Å². The molecular weight excluding hydrogens is 276 g/mol. The molecule has 2 atom stereocenters. The largest absolute Gasteiger partial charge is 0.338 e. The maximum Gasteiger partial charge on any atom is 0.257 e. The number of likely N-dealkylation sites (tertiary alicyclic amines) is 1. The maximum atomic E-state index is 12.8. The lowest BCUT2D eigenvalue weighted by atomic mass is 9.89. The summed E-state index contributed by atoms with van der Waals surface area (Å²) >= 11 is 0. The normalized spacial score (nSPS) is 21.3. The lowest BCUT2D eigenvalue weighted by Gasteiger charge is -2.16. The van der Waals surface area contributed by atoms with Crippen LogP contribution in [0.5, 0.6) is 0 Å². The number of hydrogen-bond donors (Lipinski definition) is 1. The molecule has 1 fully saturated rings. The minimum Gasteiger partial charge on any atom is -0.338 e. The lowest BCUT2D eigenvalue weighted by molar-refractivity contribution is 0.0785. The quantitative estimate of drug-likeness (QED) is 0.935. The van der Waals surface area contributed by atoms with Gasteiger partial charge in [-0.25, -0.2) is 0 Å². The van der Waals surface area contributed by atoms with Crippen LogP contribution in [0.15, 0.2) is 36.5 Å². The van der Waals surface area contributed by atoms with Gasteiger partial charge in [-0.2, -0.15) is 5.10 Å². The van der Waals surface area contributed by atoms with Crippen LogP contribution in [-0.4, -0.2) is 40.2 Å². The molecule has 2 aromatic rings. The number of hydrogen-bond acceptors (Lipinski definition) is 3. The zero-order valence-corrected chi connectivity index (χ0v) is 13.1. The third-order valence-corrected chi connectivity index (χ3v) is 4.72. The van der Waals surface area contributed by atoms with Gasteiger partial charge in [0.1, 0.15) is 0 Å². The Kier molecular flexibility index (Phi) is 3.98. The molecule has 0 saturated carbocycles. The van der Waals surface area contributed by atoms with Crippen LogP contribution in [0.4, 0.5) is 0 Å². The molecule has 0 aliphatic carbocycles. The molecule has 3 rings (SSSR count). The van der Waals surface area contributed by atoms with Crippen LogP contribution in [0.3, 0.4) is 0 Å². The van der Waals surface area contributed by atoms with Crippen LogP contribution in [0, 0.1) is 12.8 Å². The number of nitrogens with zero attached hydrogens (tertiary/aromatic N) is 3. The smallest absolute Gasteiger partial charge is 0.257 e. The van der Waals surface area contributed by atoms with E-state index in [9.17, 15) is 4.79 Å². The summed E-state index contributed by atoms with van der Waals surface area (Å²) in [4.78, 5) is 14.7. The van der Waals surface area contributed by atoms with Crippen molar-refractivity contribution >= 4 is 5.91 Å². The topological polar surface area (TPSA) is 64.2 Å². The molecule has 5 nitrogen and oxygen atoms in total. The van der Waals surface area contributed by atoms with E-state index in [1.165, 1.54) is 5.56 Å². The van der Waals surface area contributed by atoms with Gasteiger partial charge in [-0.3, -0.25) is 9.48 Å². The van der Waals surface area contributed by atoms with Gasteiger partial charge < -0.3 is 10.6 Å². The second kappa shape index (κ2) is 5.93. The molecule has 1 amide bonds. The summed E-state index contributed by atoms with van der Waals surface area (Å²) in [5.41, 5.74) is 8.79. The van der Waals surface area contributed by atoms with E-state index < -0.39 is 0 Å². The Morgan fingerprint density at radius 1 is 1.32 bits per heavy atom. The molecule has 22 heavy (non-hydrogen) atoms. The molecule has 2 heterocycles. The zero-order valence-electron chi connectivity index (χ0n) is 13.1. The number of amides is 1. The van der Waals surface area contributed by atoms with Crippen LogP contribution in [0.1, 0.15) is 27.5 Å². The Bertz CT molecular complexity index is 665. The number of rotatable bonds is 3. The summed E-state index contributed by atoms with van der Waals surface area (Å²) in [5.74, 6) is 0.679. The number of benzene rings is 1. The second-order valence-electron chi connectivity index (χ2n) is 5.99. The lowest BCUT2D eigenvalue weighted by Crippen LogP contribution is -2.30. The minimum atomic E-state index is 0.0579. The van der Waals surface area contributed by atoms with E-state index in [1.807, 2.05) is 37.1 Å². The Balaban J connectivity index is 1.82. The Hall–Kier alpha value is -2.14. The van der Waals surface area contributed by atoms with Gasteiger partial charge in [0.05, 0.1) is 11.8 Å². The second-order valence-corrected chi connectivity index (χ2v) is 5.99. The Morgan fingerprint density at radius 3 is 2.64 bits per heavy atom. The Morgan fingerprint density at radius 2 is 2.05 bits per heavy atom. The van der Waals surface area contributed by atoms with Crippen molar-refractivity contribution in [3.05, 3.63) is 53.3 Å². The van der Waals surface area contributed by atoms with Crippen LogP contribution >= 0.6 is 0 Å². The highest BCUT2D eigenvalue weighted by atomic mass is 16.2. The van der Waals surface area contributed by atoms with Gasteiger partial charge in [0.15, 0.2) is 0 Å². The van der Waals surface area contributed by atoms with E-state index in [-0.39, 0.29) is 5.91 Å². The fourth-order valence-electron chi connectivity index (χ4n) is 3.23. The maximum absolute atomic E-state index is 12.8. The third kappa shape index (κ3) is 2.52. The van der Waals surface area contributed by atoms with Gasteiger partial charge >= 0.3 is 0 Å². The number of aromatic nitrogens is 2. The van der Waals surface area contributed by atoms with Crippen molar-refractivity contribution in [2.45, 2.75) is 12.8 Å². The molecule has 116 valence electrons. The molecule has 1 aliphatic rings. The van der Waals surface area contributed by atoms with Crippen molar-refractivity contribution in [1.82, 2.24) is 14.7 Å². The summed E-state index contributed by atoms with van der Waals surface area (Å²) in [7, 11) is 1.85. The van der Waals surface area contributed by atoms with Crippen molar-refractivity contribution < 1.29 is 4.79 Å². The fourth-order valence-corrected chi connectivity index (χ4v) is 3.23. The summed E-state index contributed by atoms with van der Waals surface area (Å²) < 4.78 is 1.73. The van der Waals surface area contributed by atoms with E-state index >= 15 is 0 Å². The molecule has 1 aromatic carbocycles. The Labute approximate surface area is 130 Å². The van der Waals surface area contributed by atoms with Crippen molar-refractivity contribution in [2.24, 2.45) is 18.7 Å². The zero-order chi connectivity index (χ0) is 15.7. The fraction of sp³-hybridized carbons (Fsp3) is 0.412. The molecule has 1 aromatic heterocycles. The van der Waals surface area contributed by atoms with Gasteiger partial charge in [-0.1, -0.05) is 30.3 Å². The van der Waals surface area contributed by atoms with E-state index in [0.717, 1.165) is 12.2 Å². The molecule has 0 unspecified atom stereocenters. The SMILES string of the molecule is Cc1c(C(=O)N2C[C@@H](CN)[C@H](c3ccccc3)C2)cnn1C. The van der Waals surface area contributed by atoms with Gasteiger partial charge in [0.2, 0.25) is 0 Å². The van der Waals surface area contributed by atoms with Crippen LogP contribution < -0.4 is 5.73 Å². The average molecular weight is 298 g/mol. The molecule has 0 radical (unpaired) electrons. The van der Waals surface area contributed by atoms with Crippen LogP contribution in [0.2, 0.25) is 0 Å². The molecule has 1 saturated heterocycles. The number of aryl methyl sites for hydroxylation is 1. The van der Waals surface area contributed by atoms with Gasteiger partial charge in [-0.05, 0) is 24.9 Å². The van der Waals surface area contributed by atoms with E-state index in [0.29, 0.717) is 30.5 Å². The predicted octanol–water partition coefficient (Wildman–Crippen LogP) is 1.54. The van der Waals surface area contributed by atoms with E-state index in [1.54, 1.807) is 10.9 Å². The number of carbonyl (C=O) groups excluding carboxylic acids is 1. The number of nitrogens with two attached hydrogens (primary N) is 1. The molecular formula is C17H22N4O. The van der Waals surface area contributed by atoms with Crippen molar-refractivity contribution in [3.8, 4) is 0 Å². The highest BCUT2D eigenvalue weighted by molar-refractivity contribution is 5.95. The number of carbonyl (C=O) groups is 1. The molecule has 0 bridgehead atoms. The average Bonchev–Trinajstić information content (AvgIpc) is 3.12. The third-order valence-electron chi connectivity index (χ3n) is 4.72. The molecule has 2 N–H and O–H groups in total. The summed E-state index contributed by atoms with van der Waals surface area (Å²) in [5, 5.41) is 4.17. The summed E-state index contributed by atoms with van der Waals surface area (Å²) in [6, 6.07) is 10.3. The van der Waals surface area contributed by atoms with Gasteiger partial charge in [0, 0.05) is 31.7 Å². The van der Waals surface area contributed by atoms with Crippen LogP contribution in [0.25, 0.3) is 0 Å². The van der Waals surface area contributed by atoms with Crippen LogP contribution in [-0.2, 0) is 7.05 Å². The molecule has 1 aliphatic heterocycles. The highest BCUT2D eigenvalue weighted by Gasteiger charge is 2.36. The first kappa shape index (κ1) is 14.8. The van der Waals surface area contributed by atoms with Crippen molar-refractivity contribution in [3.63, 3.8) is 0 Å². The highest BCUT2D eigenvalue weighted by Crippen LogP contribution is 2.32. The first-order valence-electron chi connectivity index (χ1n) is 7.64. The monoisotopic (exact) mass is 298 g/mol. The van der Waals surface area contributed by atoms with Crippen molar-refractivity contribution in [1.29, 1.82) is 0 Å². The summed E-state index contributed by atoms with van der Waals surface area (Å²) in [6.45, 7) is 3.95. The predicted molar refractivity (Wildman–Crippen MR) is 85.6 cm³/mol.